The van der Waals surface area contributed by atoms with Gasteiger partial charge in [-0.1, -0.05) is 65.2 Å². The fourth-order valence-corrected chi connectivity index (χ4v) is 2.41. The maximum atomic E-state index is 5.81. The van der Waals surface area contributed by atoms with Crippen LogP contribution in [0.15, 0.2) is 0 Å². The molecule has 0 aromatic rings. The van der Waals surface area contributed by atoms with Crippen LogP contribution in [0.3, 0.4) is 0 Å². The number of rotatable bonds is 18. The minimum absolute atomic E-state index is 0.154. The van der Waals surface area contributed by atoms with Crippen molar-refractivity contribution in [3.05, 3.63) is 0 Å². The Bertz CT molecular complexity index is 221. The Kier molecular flexibility index (Phi) is 18.1. The van der Waals surface area contributed by atoms with Gasteiger partial charge in [0.15, 0.2) is 0 Å². The van der Waals surface area contributed by atoms with Crippen LogP contribution >= 0.6 is 0 Å². The van der Waals surface area contributed by atoms with E-state index < -0.39 is 0 Å². The summed E-state index contributed by atoms with van der Waals surface area (Å²) in [5.41, 5.74) is 0. The molecule has 0 radical (unpaired) electrons. The summed E-state index contributed by atoms with van der Waals surface area (Å²) in [6.45, 7) is 11.7. The molecule has 2 unspecified atom stereocenters. The summed E-state index contributed by atoms with van der Waals surface area (Å²) in [4.78, 5) is 0. The van der Waals surface area contributed by atoms with Crippen LogP contribution in [-0.2, 0) is 14.2 Å². The molecule has 0 rings (SSSR count). The molecule has 0 fully saturated rings. The van der Waals surface area contributed by atoms with Gasteiger partial charge in [-0.3, -0.25) is 0 Å². The normalized spacial score (nSPS) is 14.1. The molecule has 0 bridgehead atoms. The molecule has 2 atom stereocenters. The van der Waals surface area contributed by atoms with Crippen LogP contribution in [0.5, 0.6) is 0 Å². The molecule has 140 valence electrons. The Balaban J connectivity index is 3.28. The lowest BCUT2D eigenvalue weighted by Gasteiger charge is -2.18. The number of hydrogen-bond acceptors (Lipinski definition) is 3. The van der Waals surface area contributed by atoms with Crippen LogP contribution in [0.4, 0.5) is 0 Å². The van der Waals surface area contributed by atoms with E-state index in [2.05, 4.69) is 27.7 Å². The zero-order valence-corrected chi connectivity index (χ0v) is 16.3. The highest BCUT2D eigenvalue weighted by molar-refractivity contribution is 4.53. The van der Waals surface area contributed by atoms with Crippen LogP contribution in [-0.4, -0.2) is 38.6 Å². The summed E-state index contributed by atoms with van der Waals surface area (Å²) in [6.07, 6.45) is 13.4. The third kappa shape index (κ3) is 18.1. The van der Waals surface area contributed by atoms with Gasteiger partial charge in [0, 0.05) is 13.2 Å². The number of hydrogen-bond donors (Lipinski definition) is 0. The zero-order valence-electron chi connectivity index (χ0n) is 16.3. The third-order valence-corrected chi connectivity index (χ3v) is 4.01. The second-order valence-corrected chi connectivity index (χ2v) is 6.73. The van der Waals surface area contributed by atoms with Crippen molar-refractivity contribution < 1.29 is 14.2 Å². The molecule has 0 saturated carbocycles. The lowest BCUT2D eigenvalue weighted by molar-refractivity contribution is -0.0576. The van der Waals surface area contributed by atoms with E-state index in [9.17, 15) is 0 Å². The van der Waals surface area contributed by atoms with Crippen molar-refractivity contribution in [1.29, 1.82) is 0 Å². The van der Waals surface area contributed by atoms with Crippen LogP contribution in [0.1, 0.15) is 91.9 Å². The fraction of sp³-hybridized carbons (Fsp3) is 1.00. The van der Waals surface area contributed by atoms with E-state index in [1.807, 2.05) is 0 Å². The molecule has 23 heavy (non-hydrogen) atoms. The lowest BCUT2D eigenvalue weighted by Crippen LogP contribution is -2.23. The van der Waals surface area contributed by atoms with Crippen LogP contribution in [0, 0.1) is 0 Å². The third-order valence-electron chi connectivity index (χ3n) is 4.01. The highest BCUT2D eigenvalue weighted by Crippen LogP contribution is 2.09. The Labute approximate surface area is 145 Å². The maximum absolute atomic E-state index is 5.81. The van der Waals surface area contributed by atoms with Gasteiger partial charge in [0.05, 0.1) is 25.4 Å². The first kappa shape index (κ1) is 22.9. The van der Waals surface area contributed by atoms with Crippen molar-refractivity contribution in [2.45, 2.75) is 104 Å². The molecule has 3 heteroatoms. The second kappa shape index (κ2) is 18.2. The van der Waals surface area contributed by atoms with Crippen LogP contribution < -0.4 is 0 Å². The second-order valence-electron chi connectivity index (χ2n) is 6.73. The minimum atomic E-state index is 0.154. The first-order valence-electron chi connectivity index (χ1n) is 10.0. The topological polar surface area (TPSA) is 27.7 Å². The van der Waals surface area contributed by atoms with Gasteiger partial charge in [0.2, 0.25) is 0 Å². The summed E-state index contributed by atoms with van der Waals surface area (Å²) in [7, 11) is 0. The summed E-state index contributed by atoms with van der Waals surface area (Å²) in [5, 5.41) is 0. The van der Waals surface area contributed by atoms with Crippen LogP contribution in [0.2, 0.25) is 0 Å². The highest BCUT2D eigenvalue weighted by atomic mass is 16.6. The van der Waals surface area contributed by atoms with Gasteiger partial charge >= 0.3 is 0 Å². The maximum Gasteiger partial charge on any atom is 0.0781 e. The molecule has 0 aliphatic rings. The van der Waals surface area contributed by atoms with E-state index in [4.69, 9.17) is 14.2 Å². The molecule has 0 amide bonds. The molecule has 0 aliphatic carbocycles. The quantitative estimate of drug-likeness (QED) is 0.299. The average Bonchev–Trinajstić information content (AvgIpc) is 2.55. The van der Waals surface area contributed by atoms with Crippen molar-refractivity contribution in [3.63, 3.8) is 0 Å². The molecule has 3 nitrogen and oxygen atoms in total. The van der Waals surface area contributed by atoms with E-state index in [0.717, 1.165) is 19.6 Å². The van der Waals surface area contributed by atoms with Crippen molar-refractivity contribution in [1.82, 2.24) is 0 Å². The smallest absolute Gasteiger partial charge is 0.0781 e. The van der Waals surface area contributed by atoms with E-state index in [-0.39, 0.29) is 12.2 Å². The first-order chi connectivity index (χ1) is 11.2. The van der Waals surface area contributed by atoms with Crippen molar-refractivity contribution in [2.24, 2.45) is 0 Å². The summed E-state index contributed by atoms with van der Waals surface area (Å²) < 4.78 is 17.1. The Morgan fingerprint density at radius 2 is 1.13 bits per heavy atom. The molecule has 0 saturated heterocycles. The minimum Gasteiger partial charge on any atom is -0.379 e. The Morgan fingerprint density at radius 1 is 0.565 bits per heavy atom. The van der Waals surface area contributed by atoms with Gasteiger partial charge in [-0.15, -0.1) is 0 Å². The lowest BCUT2D eigenvalue weighted by atomic mass is 10.1. The van der Waals surface area contributed by atoms with Gasteiger partial charge < -0.3 is 14.2 Å². The van der Waals surface area contributed by atoms with Gasteiger partial charge in [-0.25, -0.2) is 0 Å². The zero-order chi connectivity index (χ0) is 17.2. The molecular formula is C20H42O3. The van der Waals surface area contributed by atoms with Crippen molar-refractivity contribution >= 4 is 0 Å². The molecule has 0 heterocycles. The average molecular weight is 331 g/mol. The highest BCUT2D eigenvalue weighted by Gasteiger charge is 2.07. The Morgan fingerprint density at radius 3 is 1.78 bits per heavy atom. The fourth-order valence-electron chi connectivity index (χ4n) is 2.41. The standard InChI is InChI=1S/C20H42O3/c1-5-7-9-10-11-12-13-14-16-22-20(4)18-23-19(3)17-21-15-8-6-2/h19-20H,5-18H2,1-4H3. The largest absolute Gasteiger partial charge is 0.379 e. The molecule has 0 spiro atoms. The summed E-state index contributed by atoms with van der Waals surface area (Å²) >= 11 is 0. The Hall–Kier alpha value is -0.120. The molecule has 0 aromatic heterocycles. The molecule has 0 aromatic carbocycles. The van der Waals surface area contributed by atoms with E-state index in [1.165, 1.54) is 57.8 Å². The predicted molar refractivity (Wildman–Crippen MR) is 99.2 cm³/mol. The molecule has 0 N–H and O–H groups in total. The summed E-state index contributed by atoms with van der Waals surface area (Å²) in [6, 6.07) is 0. The van der Waals surface area contributed by atoms with Gasteiger partial charge in [-0.05, 0) is 26.7 Å². The monoisotopic (exact) mass is 330 g/mol. The SMILES string of the molecule is CCCCCCCCCCOC(C)COC(C)COCCCC. The van der Waals surface area contributed by atoms with Crippen molar-refractivity contribution in [3.8, 4) is 0 Å². The first-order valence-corrected chi connectivity index (χ1v) is 10.0. The van der Waals surface area contributed by atoms with Crippen molar-refractivity contribution in [2.75, 3.05) is 26.4 Å². The summed E-state index contributed by atoms with van der Waals surface area (Å²) in [5.74, 6) is 0. The van der Waals surface area contributed by atoms with E-state index >= 15 is 0 Å². The number of unbranched alkanes of at least 4 members (excludes halogenated alkanes) is 8. The molecular weight excluding hydrogens is 288 g/mol. The van der Waals surface area contributed by atoms with Gasteiger partial charge in [0.25, 0.3) is 0 Å². The number of ether oxygens (including phenoxy) is 3. The predicted octanol–water partition coefficient (Wildman–Crippen LogP) is 5.75. The van der Waals surface area contributed by atoms with E-state index in [0.29, 0.717) is 13.2 Å². The van der Waals surface area contributed by atoms with Gasteiger partial charge in [0.1, 0.15) is 0 Å². The van der Waals surface area contributed by atoms with E-state index in [1.54, 1.807) is 0 Å². The van der Waals surface area contributed by atoms with Gasteiger partial charge in [-0.2, -0.15) is 0 Å². The molecule has 0 aliphatic heterocycles. The van der Waals surface area contributed by atoms with Crippen LogP contribution in [0.25, 0.3) is 0 Å².